The molecule has 2 atom stereocenters. The van der Waals surface area contributed by atoms with Crippen LogP contribution in [0.3, 0.4) is 0 Å². The Morgan fingerprint density at radius 2 is 1.77 bits per heavy atom. The number of nitrogens with zero attached hydrogens (tertiary/aromatic N) is 5. The molecule has 0 aliphatic carbocycles. The second-order valence-electron chi connectivity index (χ2n) is 6.19. The Balaban J connectivity index is 1.44. The van der Waals surface area contributed by atoms with Gasteiger partial charge in [0.2, 0.25) is 5.95 Å². The fraction of sp³-hybridized carbons (Fsp3) is 0.438. The number of likely N-dealkylation sites (tertiary alicyclic amines) is 1. The fourth-order valence-corrected chi connectivity index (χ4v) is 3.62. The van der Waals surface area contributed by atoms with Gasteiger partial charge in [-0.25, -0.2) is 9.97 Å². The van der Waals surface area contributed by atoms with Crippen molar-refractivity contribution < 1.29 is 4.79 Å². The summed E-state index contributed by atoms with van der Waals surface area (Å²) >= 11 is 0. The number of rotatable bonds is 2. The van der Waals surface area contributed by atoms with Crippen LogP contribution in [0.1, 0.15) is 10.5 Å². The lowest BCUT2D eigenvalue weighted by atomic mass is 10.0. The largest absolute Gasteiger partial charge is 0.347 e. The standard InChI is InChI=1S/C16H19N5O/c1-19-7-2-4-14(19)15(22)20-8-12-10-21(11-13(12)9-20)16-17-5-3-6-18-16/h2-7,12-13H,8-11H2,1H3/t12-,13+. The normalized spacial score (nSPS) is 23.9. The van der Waals surface area contributed by atoms with Crippen LogP contribution in [0.2, 0.25) is 0 Å². The average molecular weight is 297 g/mol. The number of aromatic nitrogens is 3. The van der Waals surface area contributed by atoms with Crippen molar-refractivity contribution in [2.45, 2.75) is 0 Å². The van der Waals surface area contributed by atoms with Crippen LogP contribution in [-0.2, 0) is 7.05 Å². The van der Waals surface area contributed by atoms with Crippen LogP contribution in [0, 0.1) is 11.8 Å². The van der Waals surface area contributed by atoms with E-state index >= 15 is 0 Å². The molecule has 0 N–H and O–H groups in total. The summed E-state index contributed by atoms with van der Waals surface area (Å²) in [5.41, 5.74) is 0.767. The van der Waals surface area contributed by atoms with E-state index in [1.54, 1.807) is 12.4 Å². The monoisotopic (exact) mass is 297 g/mol. The van der Waals surface area contributed by atoms with Gasteiger partial charge >= 0.3 is 0 Å². The van der Waals surface area contributed by atoms with Crippen molar-refractivity contribution in [2.24, 2.45) is 18.9 Å². The molecular weight excluding hydrogens is 278 g/mol. The van der Waals surface area contributed by atoms with Crippen LogP contribution in [0.25, 0.3) is 0 Å². The summed E-state index contributed by atoms with van der Waals surface area (Å²) in [6, 6.07) is 5.64. The van der Waals surface area contributed by atoms with Crippen molar-refractivity contribution in [3.8, 4) is 0 Å². The first-order valence-corrected chi connectivity index (χ1v) is 7.65. The molecule has 2 aliphatic rings. The smallest absolute Gasteiger partial charge is 0.270 e. The number of aryl methyl sites for hydroxylation is 1. The van der Waals surface area contributed by atoms with Crippen LogP contribution >= 0.6 is 0 Å². The Hall–Kier alpha value is -2.37. The van der Waals surface area contributed by atoms with Crippen molar-refractivity contribution in [3.05, 3.63) is 42.5 Å². The minimum Gasteiger partial charge on any atom is -0.347 e. The Bertz CT molecular complexity index is 669. The van der Waals surface area contributed by atoms with Gasteiger partial charge in [-0.1, -0.05) is 0 Å². The summed E-state index contributed by atoms with van der Waals surface area (Å²) in [7, 11) is 1.92. The highest BCUT2D eigenvalue weighted by Crippen LogP contribution is 2.33. The van der Waals surface area contributed by atoms with Crippen LogP contribution in [-0.4, -0.2) is 51.5 Å². The molecule has 1 amide bonds. The second kappa shape index (κ2) is 5.12. The number of carbonyl (C=O) groups is 1. The summed E-state index contributed by atoms with van der Waals surface area (Å²) in [5.74, 6) is 1.99. The van der Waals surface area contributed by atoms with Crippen LogP contribution in [0.4, 0.5) is 5.95 Å². The van der Waals surface area contributed by atoms with Crippen LogP contribution < -0.4 is 4.90 Å². The minimum absolute atomic E-state index is 0.143. The third kappa shape index (κ3) is 2.15. The van der Waals surface area contributed by atoms with Gasteiger partial charge in [-0.2, -0.15) is 0 Å². The second-order valence-corrected chi connectivity index (χ2v) is 6.19. The first-order chi connectivity index (χ1) is 10.7. The van der Waals surface area contributed by atoms with E-state index in [-0.39, 0.29) is 5.91 Å². The lowest BCUT2D eigenvalue weighted by molar-refractivity contribution is 0.0773. The van der Waals surface area contributed by atoms with Gasteiger partial charge in [0.15, 0.2) is 0 Å². The highest BCUT2D eigenvalue weighted by Gasteiger charge is 2.42. The molecular formula is C16H19N5O. The number of hydrogen-bond donors (Lipinski definition) is 0. The van der Waals surface area contributed by atoms with E-state index in [4.69, 9.17) is 0 Å². The first kappa shape index (κ1) is 13.3. The number of fused-ring (bicyclic) bond motifs is 1. The molecule has 0 bridgehead atoms. The fourth-order valence-electron chi connectivity index (χ4n) is 3.62. The number of hydrogen-bond acceptors (Lipinski definition) is 4. The van der Waals surface area contributed by atoms with Gasteiger partial charge in [-0.3, -0.25) is 4.79 Å². The Morgan fingerprint density at radius 3 is 2.36 bits per heavy atom. The molecule has 2 aromatic rings. The summed E-state index contributed by atoms with van der Waals surface area (Å²) in [5, 5.41) is 0. The predicted molar refractivity (Wildman–Crippen MR) is 82.5 cm³/mol. The van der Waals surface area contributed by atoms with Gasteiger partial charge < -0.3 is 14.4 Å². The minimum atomic E-state index is 0.143. The van der Waals surface area contributed by atoms with Crippen molar-refractivity contribution >= 4 is 11.9 Å². The third-order valence-corrected chi connectivity index (χ3v) is 4.77. The molecule has 2 saturated heterocycles. The van der Waals surface area contributed by atoms with Crippen molar-refractivity contribution in [1.82, 2.24) is 19.4 Å². The Labute approximate surface area is 129 Å². The van der Waals surface area contributed by atoms with E-state index in [9.17, 15) is 4.79 Å². The topological polar surface area (TPSA) is 54.3 Å². The maximum absolute atomic E-state index is 12.6. The Kier molecular flexibility index (Phi) is 3.10. The van der Waals surface area contributed by atoms with Crippen molar-refractivity contribution in [2.75, 3.05) is 31.1 Å². The lowest BCUT2D eigenvalue weighted by Crippen LogP contribution is -2.34. The van der Waals surface area contributed by atoms with Gasteiger partial charge in [0.05, 0.1) is 0 Å². The number of amides is 1. The van der Waals surface area contributed by atoms with E-state index in [0.717, 1.165) is 37.8 Å². The highest BCUT2D eigenvalue weighted by atomic mass is 16.2. The molecule has 2 aliphatic heterocycles. The average Bonchev–Trinajstić information content (AvgIpc) is 3.21. The van der Waals surface area contributed by atoms with E-state index in [1.165, 1.54) is 0 Å². The number of anilines is 1. The van der Waals surface area contributed by atoms with Gasteiger partial charge in [-0.05, 0) is 18.2 Å². The molecule has 0 aromatic carbocycles. The Morgan fingerprint density at radius 1 is 1.09 bits per heavy atom. The maximum Gasteiger partial charge on any atom is 0.270 e. The maximum atomic E-state index is 12.6. The molecule has 6 heteroatoms. The number of carbonyl (C=O) groups excluding carboxylic acids is 1. The van der Waals surface area contributed by atoms with E-state index in [1.807, 2.05) is 40.9 Å². The van der Waals surface area contributed by atoms with E-state index in [0.29, 0.717) is 11.8 Å². The van der Waals surface area contributed by atoms with Gasteiger partial charge in [0.1, 0.15) is 5.69 Å². The van der Waals surface area contributed by atoms with Crippen LogP contribution in [0.15, 0.2) is 36.8 Å². The summed E-state index contributed by atoms with van der Waals surface area (Å²) < 4.78 is 1.89. The molecule has 2 fully saturated rings. The van der Waals surface area contributed by atoms with Gasteiger partial charge in [0.25, 0.3) is 5.91 Å². The summed E-state index contributed by atoms with van der Waals surface area (Å²) in [6.45, 7) is 3.53. The molecule has 4 rings (SSSR count). The highest BCUT2D eigenvalue weighted by molar-refractivity contribution is 5.93. The molecule has 0 radical (unpaired) electrons. The molecule has 4 heterocycles. The zero-order valence-electron chi connectivity index (χ0n) is 12.6. The van der Waals surface area contributed by atoms with Gasteiger partial charge in [-0.15, -0.1) is 0 Å². The SMILES string of the molecule is Cn1cccc1C(=O)N1C[C@@H]2CN(c3ncccn3)C[C@@H]2C1. The first-order valence-electron chi connectivity index (χ1n) is 7.65. The molecule has 0 unspecified atom stereocenters. The van der Waals surface area contributed by atoms with Crippen LogP contribution in [0.5, 0.6) is 0 Å². The molecule has 0 spiro atoms. The van der Waals surface area contributed by atoms with E-state index in [2.05, 4.69) is 14.9 Å². The lowest BCUT2D eigenvalue weighted by Gasteiger charge is -2.21. The summed E-state index contributed by atoms with van der Waals surface area (Å²) in [4.78, 5) is 25.5. The molecule has 0 saturated carbocycles. The predicted octanol–water partition coefficient (Wildman–Crippen LogP) is 1.02. The molecule has 6 nitrogen and oxygen atoms in total. The molecule has 114 valence electrons. The van der Waals surface area contributed by atoms with Gasteiger partial charge in [0, 0.05) is 63.7 Å². The zero-order chi connectivity index (χ0) is 15.1. The van der Waals surface area contributed by atoms with E-state index < -0.39 is 0 Å². The van der Waals surface area contributed by atoms with Crippen molar-refractivity contribution in [1.29, 1.82) is 0 Å². The quantitative estimate of drug-likeness (QED) is 0.830. The zero-order valence-corrected chi connectivity index (χ0v) is 12.6. The third-order valence-electron chi connectivity index (χ3n) is 4.77. The summed E-state index contributed by atoms with van der Waals surface area (Å²) in [6.07, 6.45) is 5.47. The van der Waals surface area contributed by atoms with Crippen molar-refractivity contribution in [3.63, 3.8) is 0 Å². The molecule has 2 aromatic heterocycles. The molecule has 22 heavy (non-hydrogen) atoms.